The van der Waals surface area contributed by atoms with Crippen LogP contribution in [0.25, 0.3) is 10.9 Å². The van der Waals surface area contributed by atoms with Crippen molar-refractivity contribution in [2.75, 3.05) is 5.75 Å². The first-order valence-electron chi connectivity index (χ1n) is 11.3. The highest BCUT2D eigenvalue weighted by molar-refractivity contribution is 7.80. The van der Waals surface area contributed by atoms with E-state index in [0.29, 0.717) is 5.56 Å². The molecule has 4 amide bonds. The lowest BCUT2D eigenvalue weighted by molar-refractivity contribution is -0.143. The third-order valence-electron chi connectivity index (χ3n) is 5.53. The Morgan fingerprint density at radius 3 is 2.19 bits per heavy atom. The van der Waals surface area contributed by atoms with Gasteiger partial charge in [0.05, 0.1) is 12.5 Å². The molecule has 0 aliphatic rings. The number of benzene rings is 1. The van der Waals surface area contributed by atoms with Gasteiger partial charge in [0.1, 0.15) is 18.1 Å². The Morgan fingerprint density at radius 2 is 1.61 bits per heavy atom. The largest absolute Gasteiger partial charge is 0.480 e. The number of hydrogen-bond donors (Lipinski definition) is 8. The average Bonchev–Trinajstić information content (AvgIpc) is 3.22. The molecular formula is C23H32N6O6S. The molecule has 2 aromatic rings. The average molecular weight is 521 g/mol. The number of hydrogen-bond acceptors (Lipinski definition) is 7. The summed E-state index contributed by atoms with van der Waals surface area (Å²) in [6.07, 6.45) is 1.14. The van der Waals surface area contributed by atoms with Crippen molar-refractivity contribution in [3.8, 4) is 0 Å². The number of nitrogens with two attached hydrogens (primary N) is 2. The number of carbonyl (C=O) groups excluding carboxylic acids is 4. The van der Waals surface area contributed by atoms with Gasteiger partial charge in [-0.3, -0.25) is 19.2 Å². The molecule has 1 heterocycles. The fourth-order valence-corrected chi connectivity index (χ4v) is 3.71. The van der Waals surface area contributed by atoms with Crippen LogP contribution in [0.1, 0.15) is 25.8 Å². The van der Waals surface area contributed by atoms with E-state index in [4.69, 9.17) is 11.5 Å². The number of carboxylic acids is 1. The summed E-state index contributed by atoms with van der Waals surface area (Å²) >= 11 is 3.94. The van der Waals surface area contributed by atoms with Crippen molar-refractivity contribution in [3.05, 3.63) is 36.0 Å². The molecule has 0 fully saturated rings. The smallest absolute Gasteiger partial charge is 0.326 e. The number of para-hydroxylation sites is 1. The molecule has 2 rings (SSSR count). The van der Waals surface area contributed by atoms with Gasteiger partial charge in [0.25, 0.3) is 0 Å². The van der Waals surface area contributed by atoms with Crippen LogP contribution in [0.2, 0.25) is 0 Å². The van der Waals surface area contributed by atoms with E-state index in [1.807, 2.05) is 24.3 Å². The van der Waals surface area contributed by atoms with E-state index in [9.17, 15) is 29.1 Å². The fourth-order valence-electron chi connectivity index (χ4n) is 3.54. The summed E-state index contributed by atoms with van der Waals surface area (Å²) in [5.74, 6) is -4.85. The molecule has 0 saturated carbocycles. The first-order valence-corrected chi connectivity index (χ1v) is 11.9. The van der Waals surface area contributed by atoms with E-state index in [0.717, 1.165) is 10.9 Å². The Labute approximate surface area is 213 Å². The zero-order valence-corrected chi connectivity index (χ0v) is 20.9. The van der Waals surface area contributed by atoms with E-state index < -0.39 is 66.1 Å². The molecule has 13 heteroatoms. The van der Waals surface area contributed by atoms with Crippen molar-refractivity contribution in [2.45, 2.75) is 50.9 Å². The number of nitrogens with one attached hydrogen (secondary N) is 4. The number of aromatic amines is 1. The van der Waals surface area contributed by atoms with Crippen LogP contribution in [-0.4, -0.2) is 69.6 Å². The Bertz CT molecular complexity index is 1120. The van der Waals surface area contributed by atoms with Crippen LogP contribution in [0.3, 0.4) is 0 Å². The lowest BCUT2D eigenvalue weighted by atomic mass is 10.0. The lowest BCUT2D eigenvalue weighted by Crippen LogP contribution is -2.58. The van der Waals surface area contributed by atoms with Crippen LogP contribution in [0.5, 0.6) is 0 Å². The molecule has 0 radical (unpaired) electrons. The molecule has 1 aromatic carbocycles. The molecule has 0 bridgehead atoms. The number of primary amides is 1. The molecule has 0 aliphatic heterocycles. The third kappa shape index (κ3) is 7.71. The quantitative estimate of drug-likeness (QED) is 0.155. The van der Waals surface area contributed by atoms with Crippen LogP contribution in [-0.2, 0) is 30.4 Å². The van der Waals surface area contributed by atoms with Crippen LogP contribution >= 0.6 is 12.6 Å². The van der Waals surface area contributed by atoms with Crippen LogP contribution < -0.4 is 27.4 Å². The molecular weight excluding hydrogens is 488 g/mol. The molecule has 1 aromatic heterocycles. The maximum Gasteiger partial charge on any atom is 0.326 e. The van der Waals surface area contributed by atoms with Crippen molar-refractivity contribution in [1.29, 1.82) is 0 Å². The summed E-state index contributed by atoms with van der Waals surface area (Å²) < 4.78 is 0. The molecule has 0 spiro atoms. The number of carboxylic acid groups (broad SMARTS) is 1. The molecule has 0 saturated heterocycles. The normalized spacial score (nSPS) is 14.5. The summed E-state index contributed by atoms with van der Waals surface area (Å²) in [6.45, 7) is 3.27. The van der Waals surface area contributed by atoms with Gasteiger partial charge < -0.3 is 37.5 Å². The van der Waals surface area contributed by atoms with Gasteiger partial charge in [0, 0.05) is 29.3 Å². The van der Waals surface area contributed by atoms with E-state index >= 15 is 0 Å². The van der Waals surface area contributed by atoms with Gasteiger partial charge in [-0.05, 0) is 17.5 Å². The summed E-state index contributed by atoms with van der Waals surface area (Å²) in [6, 6.07) is 2.45. The van der Waals surface area contributed by atoms with Gasteiger partial charge in [0.15, 0.2) is 0 Å². The van der Waals surface area contributed by atoms with Crippen LogP contribution in [0, 0.1) is 5.92 Å². The number of carbonyl (C=O) groups is 5. The maximum atomic E-state index is 13.2. The summed E-state index contributed by atoms with van der Waals surface area (Å²) in [5.41, 5.74) is 12.4. The number of H-pyrrole nitrogens is 1. The van der Waals surface area contributed by atoms with Gasteiger partial charge >= 0.3 is 5.97 Å². The summed E-state index contributed by atoms with van der Waals surface area (Å²) in [5, 5.41) is 17.6. The standard InChI is InChI=1S/C23H32N6O6S/c1-11(2)19(23(34)35)29-22(33)16(7-12-9-26-15-6-4-3-5-13(12)15)28-21(32)17(8-18(25)30)27-20(31)14(24)10-36/h3-6,9,11,14,16-17,19,26,36H,7-8,10,24H2,1-2H3,(H2,25,30)(H,27,31)(H,28,32)(H,29,33)(H,34,35). The second-order valence-corrected chi connectivity index (χ2v) is 9.08. The molecule has 9 N–H and O–H groups in total. The number of aliphatic carboxylic acids is 1. The molecule has 0 aliphatic carbocycles. The maximum absolute atomic E-state index is 13.2. The summed E-state index contributed by atoms with van der Waals surface area (Å²) in [7, 11) is 0. The van der Waals surface area contributed by atoms with Gasteiger partial charge in [-0.15, -0.1) is 0 Å². The van der Waals surface area contributed by atoms with Gasteiger partial charge in [-0.25, -0.2) is 4.79 Å². The van der Waals surface area contributed by atoms with Crippen molar-refractivity contribution < 1.29 is 29.1 Å². The highest BCUT2D eigenvalue weighted by atomic mass is 32.1. The Balaban J connectivity index is 2.34. The Kier molecular flexibility index (Phi) is 10.3. The number of fused-ring (bicyclic) bond motifs is 1. The first-order chi connectivity index (χ1) is 16.9. The first kappa shape index (κ1) is 28.7. The minimum absolute atomic E-state index is 0.000583. The SMILES string of the molecule is CC(C)C(NC(=O)C(Cc1c[nH]c2ccccc12)NC(=O)C(CC(N)=O)NC(=O)C(N)CS)C(=O)O. The number of rotatable bonds is 13. The zero-order chi connectivity index (χ0) is 27.0. The van der Waals surface area contributed by atoms with Crippen molar-refractivity contribution >= 4 is 53.1 Å². The highest BCUT2D eigenvalue weighted by Crippen LogP contribution is 2.19. The molecule has 12 nitrogen and oxygen atoms in total. The predicted octanol–water partition coefficient (Wildman–Crippen LogP) is -0.962. The van der Waals surface area contributed by atoms with E-state index in [1.54, 1.807) is 20.0 Å². The van der Waals surface area contributed by atoms with Crippen LogP contribution in [0.4, 0.5) is 0 Å². The number of amides is 4. The zero-order valence-electron chi connectivity index (χ0n) is 20.0. The third-order valence-corrected chi connectivity index (χ3v) is 5.93. The highest BCUT2D eigenvalue weighted by Gasteiger charge is 2.32. The minimum Gasteiger partial charge on any atom is -0.480 e. The number of aromatic nitrogens is 1. The van der Waals surface area contributed by atoms with Gasteiger partial charge in [-0.1, -0.05) is 32.0 Å². The summed E-state index contributed by atoms with van der Waals surface area (Å²) in [4.78, 5) is 64.7. The topological polar surface area (TPSA) is 210 Å². The number of thiol groups is 1. The van der Waals surface area contributed by atoms with Crippen LogP contribution in [0.15, 0.2) is 30.5 Å². The lowest BCUT2D eigenvalue weighted by Gasteiger charge is -2.25. The second kappa shape index (κ2) is 12.9. The van der Waals surface area contributed by atoms with Crippen molar-refractivity contribution in [2.24, 2.45) is 17.4 Å². The molecule has 4 unspecified atom stereocenters. The minimum atomic E-state index is -1.40. The van der Waals surface area contributed by atoms with Crippen molar-refractivity contribution in [1.82, 2.24) is 20.9 Å². The fraction of sp³-hybridized carbons (Fsp3) is 0.435. The van der Waals surface area contributed by atoms with E-state index in [-0.39, 0.29) is 12.2 Å². The Morgan fingerprint density at radius 1 is 1.00 bits per heavy atom. The molecule has 196 valence electrons. The monoisotopic (exact) mass is 520 g/mol. The van der Waals surface area contributed by atoms with Crippen molar-refractivity contribution in [3.63, 3.8) is 0 Å². The van der Waals surface area contributed by atoms with E-state index in [1.165, 1.54) is 0 Å². The molecule has 4 atom stereocenters. The van der Waals surface area contributed by atoms with Gasteiger partial charge in [0.2, 0.25) is 23.6 Å². The predicted molar refractivity (Wildman–Crippen MR) is 136 cm³/mol. The Hall–Kier alpha value is -3.58. The second-order valence-electron chi connectivity index (χ2n) is 8.71. The van der Waals surface area contributed by atoms with Gasteiger partial charge in [-0.2, -0.15) is 12.6 Å². The van der Waals surface area contributed by atoms with E-state index in [2.05, 4.69) is 33.6 Å². The molecule has 36 heavy (non-hydrogen) atoms.